The molecule has 0 aliphatic rings. The number of carbonyl (C=O) groups is 2. The lowest BCUT2D eigenvalue weighted by Gasteiger charge is -2.10. The third-order valence-corrected chi connectivity index (χ3v) is 3.13. The zero-order chi connectivity index (χ0) is 17.2. The van der Waals surface area contributed by atoms with E-state index in [9.17, 15) is 22.8 Å². The van der Waals surface area contributed by atoms with Gasteiger partial charge in [-0.3, -0.25) is 4.79 Å². The predicted octanol–water partition coefficient (Wildman–Crippen LogP) is 3.96. The Kier molecular flexibility index (Phi) is 4.40. The first-order chi connectivity index (χ1) is 10.7. The Morgan fingerprint density at radius 3 is 2.17 bits per heavy atom. The number of anilines is 1. The van der Waals surface area contributed by atoms with Gasteiger partial charge in [-0.15, -0.1) is 0 Å². The summed E-state index contributed by atoms with van der Waals surface area (Å²) in [5, 5.41) is 11.5. The van der Waals surface area contributed by atoms with Crippen molar-refractivity contribution in [2.45, 2.75) is 13.1 Å². The minimum absolute atomic E-state index is 0.00471. The average Bonchev–Trinajstić information content (AvgIpc) is 2.48. The second-order valence-electron chi connectivity index (χ2n) is 4.88. The fraction of sp³-hybridized carbons (Fsp3) is 0.125. The van der Waals surface area contributed by atoms with E-state index in [4.69, 9.17) is 5.11 Å². The smallest absolute Gasteiger partial charge is 0.416 e. The molecule has 23 heavy (non-hydrogen) atoms. The third-order valence-electron chi connectivity index (χ3n) is 3.13. The number of nitrogens with one attached hydrogen (secondary N) is 1. The molecule has 0 saturated carbocycles. The van der Waals surface area contributed by atoms with Crippen LogP contribution in [0.4, 0.5) is 18.9 Å². The van der Waals surface area contributed by atoms with Crippen molar-refractivity contribution in [3.63, 3.8) is 0 Å². The summed E-state index contributed by atoms with van der Waals surface area (Å²) in [6.07, 6.45) is -4.48. The van der Waals surface area contributed by atoms with Gasteiger partial charge < -0.3 is 10.4 Å². The topological polar surface area (TPSA) is 66.4 Å². The van der Waals surface area contributed by atoms with Crippen LogP contribution < -0.4 is 5.32 Å². The first-order valence-corrected chi connectivity index (χ1v) is 6.51. The second-order valence-corrected chi connectivity index (χ2v) is 4.88. The van der Waals surface area contributed by atoms with E-state index in [1.54, 1.807) is 13.0 Å². The van der Waals surface area contributed by atoms with Crippen LogP contribution in [-0.4, -0.2) is 17.0 Å². The molecule has 120 valence electrons. The first-order valence-electron chi connectivity index (χ1n) is 6.51. The molecule has 2 N–H and O–H groups in total. The highest BCUT2D eigenvalue weighted by Gasteiger charge is 2.30. The molecule has 0 saturated heterocycles. The molecule has 0 bridgehead atoms. The average molecular weight is 323 g/mol. The quantitative estimate of drug-likeness (QED) is 0.898. The number of amides is 1. The van der Waals surface area contributed by atoms with Gasteiger partial charge in [0.05, 0.1) is 16.8 Å². The van der Waals surface area contributed by atoms with Crippen LogP contribution in [0, 0.1) is 6.92 Å². The molecule has 0 aromatic heterocycles. The van der Waals surface area contributed by atoms with E-state index in [-0.39, 0.29) is 16.8 Å². The van der Waals surface area contributed by atoms with E-state index in [1.807, 2.05) is 0 Å². The maximum Gasteiger partial charge on any atom is 0.416 e. The van der Waals surface area contributed by atoms with Crippen LogP contribution in [0.3, 0.4) is 0 Å². The number of halogens is 3. The lowest BCUT2D eigenvalue weighted by Crippen LogP contribution is -2.15. The number of carboxylic acids is 1. The van der Waals surface area contributed by atoms with Crippen LogP contribution in [0.25, 0.3) is 0 Å². The van der Waals surface area contributed by atoms with Crippen LogP contribution in [0.1, 0.15) is 31.8 Å². The maximum atomic E-state index is 12.5. The summed E-state index contributed by atoms with van der Waals surface area (Å²) in [5.74, 6) is -1.90. The largest absolute Gasteiger partial charge is 0.478 e. The van der Waals surface area contributed by atoms with Gasteiger partial charge in [0.15, 0.2) is 0 Å². The fourth-order valence-corrected chi connectivity index (χ4v) is 1.95. The van der Waals surface area contributed by atoms with Gasteiger partial charge in [0.2, 0.25) is 0 Å². The molecule has 0 unspecified atom stereocenters. The van der Waals surface area contributed by atoms with Crippen LogP contribution in [0.2, 0.25) is 0 Å². The van der Waals surface area contributed by atoms with Crippen molar-refractivity contribution in [2.75, 3.05) is 5.32 Å². The molecule has 0 aliphatic carbocycles. The van der Waals surface area contributed by atoms with Gasteiger partial charge in [0.1, 0.15) is 0 Å². The van der Waals surface area contributed by atoms with Crippen molar-refractivity contribution in [1.82, 2.24) is 0 Å². The first kappa shape index (κ1) is 16.5. The van der Waals surface area contributed by atoms with E-state index < -0.39 is 23.6 Å². The zero-order valence-corrected chi connectivity index (χ0v) is 11.9. The number of carbonyl (C=O) groups excluding carboxylic acids is 1. The van der Waals surface area contributed by atoms with Gasteiger partial charge in [-0.05, 0) is 43.3 Å². The fourth-order valence-electron chi connectivity index (χ4n) is 1.95. The number of alkyl halides is 3. The number of hydrogen-bond donors (Lipinski definition) is 2. The number of aromatic carboxylic acids is 1. The molecule has 0 radical (unpaired) electrons. The summed E-state index contributed by atoms with van der Waals surface area (Å²) < 4.78 is 37.4. The highest BCUT2D eigenvalue weighted by atomic mass is 19.4. The van der Waals surface area contributed by atoms with Gasteiger partial charge in [-0.1, -0.05) is 11.6 Å². The number of carboxylic acid groups (broad SMARTS) is 1. The zero-order valence-electron chi connectivity index (χ0n) is 11.9. The molecular weight excluding hydrogens is 311 g/mol. The number of hydrogen-bond acceptors (Lipinski definition) is 2. The SMILES string of the molecule is Cc1ccc(NC(=O)c2ccc(C(F)(F)F)cc2)c(C(=O)O)c1. The minimum Gasteiger partial charge on any atom is -0.478 e. The monoisotopic (exact) mass is 323 g/mol. The van der Waals surface area contributed by atoms with Gasteiger partial charge in [-0.2, -0.15) is 13.2 Å². The molecule has 2 aromatic carbocycles. The molecular formula is C16H12F3NO3. The summed E-state index contributed by atoms with van der Waals surface area (Å²) in [7, 11) is 0. The van der Waals surface area contributed by atoms with Crippen LogP contribution >= 0.6 is 0 Å². The van der Waals surface area contributed by atoms with E-state index in [0.29, 0.717) is 5.56 Å². The molecule has 0 spiro atoms. The van der Waals surface area contributed by atoms with Crippen LogP contribution in [0.5, 0.6) is 0 Å². The lowest BCUT2D eigenvalue weighted by atomic mass is 10.1. The molecule has 4 nitrogen and oxygen atoms in total. The Hall–Kier alpha value is -2.83. The van der Waals surface area contributed by atoms with E-state index in [1.165, 1.54) is 12.1 Å². The predicted molar refractivity (Wildman–Crippen MR) is 77.5 cm³/mol. The molecule has 0 heterocycles. The molecule has 2 aromatic rings. The Morgan fingerprint density at radius 2 is 1.65 bits per heavy atom. The Balaban J connectivity index is 2.24. The van der Waals surface area contributed by atoms with Crippen molar-refractivity contribution >= 4 is 17.6 Å². The number of aryl methyl sites for hydroxylation is 1. The molecule has 0 fully saturated rings. The van der Waals surface area contributed by atoms with Gasteiger partial charge in [0, 0.05) is 5.56 Å². The number of benzene rings is 2. The van der Waals surface area contributed by atoms with Crippen LogP contribution in [0.15, 0.2) is 42.5 Å². The molecule has 2 rings (SSSR count). The summed E-state index contributed by atoms with van der Waals surface area (Å²) in [6.45, 7) is 1.70. The summed E-state index contributed by atoms with van der Waals surface area (Å²) in [6, 6.07) is 8.10. The van der Waals surface area contributed by atoms with E-state index in [0.717, 1.165) is 24.3 Å². The maximum absolute atomic E-state index is 12.5. The Morgan fingerprint density at radius 1 is 1.04 bits per heavy atom. The highest BCUT2D eigenvalue weighted by molar-refractivity contribution is 6.07. The van der Waals surface area contributed by atoms with Crippen molar-refractivity contribution in [2.24, 2.45) is 0 Å². The van der Waals surface area contributed by atoms with Gasteiger partial charge in [0.25, 0.3) is 5.91 Å². The van der Waals surface area contributed by atoms with Crippen molar-refractivity contribution in [1.29, 1.82) is 0 Å². The van der Waals surface area contributed by atoms with E-state index in [2.05, 4.69) is 5.32 Å². The second kappa shape index (κ2) is 6.12. The Bertz CT molecular complexity index is 752. The lowest BCUT2D eigenvalue weighted by molar-refractivity contribution is -0.137. The highest BCUT2D eigenvalue weighted by Crippen LogP contribution is 2.29. The van der Waals surface area contributed by atoms with Gasteiger partial charge in [-0.25, -0.2) is 4.79 Å². The van der Waals surface area contributed by atoms with Crippen molar-refractivity contribution in [3.8, 4) is 0 Å². The van der Waals surface area contributed by atoms with Crippen molar-refractivity contribution < 1.29 is 27.9 Å². The summed E-state index contributed by atoms with van der Waals surface area (Å²) in [4.78, 5) is 23.2. The normalized spacial score (nSPS) is 11.1. The molecule has 1 amide bonds. The summed E-state index contributed by atoms with van der Waals surface area (Å²) >= 11 is 0. The molecule has 0 atom stereocenters. The number of rotatable bonds is 3. The van der Waals surface area contributed by atoms with Gasteiger partial charge >= 0.3 is 12.1 Å². The Labute approximate surface area is 129 Å². The minimum atomic E-state index is -4.48. The molecule has 7 heteroatoms. The van der Waals surface area contributed by atoms with Crippen LogP contribution in [-0.2, 0) is 6.18 Å². The van der Waals surface area contributed by atoms with Crippen molar-refractivity contribution in [3.05, 3.63) is 64.7 Å². The molecule has 0 aliphatic heterocycles. The third kappa shape index (κ3) is 3.88. The standard InChI is InChI=1S/C16H12F3NO3/c1-9-2-7-13(12(8-9)15(22)23)20-14(21)10-3-5-11(6-4-10)16(17,18)19/h2-8H,1H3,(H,20,21)(H,22,23). The van der Waals surface area contributed by atoms with E-state index >= 15 is 0 Å². The summed E-state index contributed by atoms with van der Waals surface area (Å²) in [5.41, 5.74) is -0.182.